The summed E-state index contributed by atoms with van der Waals surface area (Å²) in [5, 5.41) is 20.8. The summed E-state index contributed by atoms with van der Waals surface area (Å²) in [6.45, 7) is 7.44. The molecule has 40 heavy (non-hydrogen) atoms. The van der Waals surface area contributed by atoms with E-state index < -0.39 is 11.9 Å². The number of carboxylic acid groups (broad SMARTS) is 2. The molecule has 0 saturated carbocycles. The molecule has 1 saturated heterocycles. The van der Waals surface area contributed by atoms with Gasteiger partial charge >= 0.3 is 11.9 Å². The van der Waals surface area contributed by atoms with Crippen molar-refractivity contribution in [1.82, 2.24) is 10.1 Å². The lowest BCUT2D eigenvalue weighted by Gasteiger charge is -2.39. The average molecular weight is 557 g/mol. The zero-order valence-electron chi connectivity index (χ0n) is 22.8. The molecule has 0 bridgehead atoms. The topological polar surface area (TPSA) is 139 Å². The Balaban J connectivity index is 0.000000482. The van der Waals surface area contributed by atoms with Crippen LogP contribution in [0.4, 0.5) is 4.39 Å². The first kappa shape index (κ1) is 30.3. The van der Waals surface area contributed by atoms with Gasteiger partial charge in [0.25, 0.3) is 0 Å². The van der Waals surface area contributed by atoms with Gasteiger partial charge in [-0.1, -0.05) is 19.0 Å². The highest BCUT2D eigenvalue weighted by Gasteiger charge is 2.32. The van der Waals surface area contributed by atoms with E-state index in [0.717, 1.165) is 37.0 Å². The number of aromatic nitrogens is 1. The van der Waals surface area contributed by atoms with E-state index in [4.69, 9.17) is 24.2 Å². The van der Waals surface area contributed by atoms with Crippen LogP contribution >= 0.6 is 0 Å². The first-order chi connectivity index (χ1) is 19.0. The molecule has 1 unspecified atom stereocenters. The number of piperidine rings is 1. The summed E-state index contributed by atoms with van der Waals surface area (Å²) in [7, 11) is 1.58. The van der Waals surface area contributed by atoms with Gasteiger partial charge in [0.2, 0.25) is 0 Å². The molecule has 10 nitrogen and oxygen atoms in total. The zero-order chi connectivity index (χ0) is 29.4. The SMILES string of the molecule is COc1cc(C(C)=O)ccc1O[C@H](C(C)C)N1CCCC(c2noc3cc(F)ccc23)C1.O=C(O)/C=C/C(=O)O. The number of methoxy groups -OCH3 is 1. The van der Waals surface area contributed by atoms with Gasteiger partial charge in [0, 0.05) is 54.1 Å². The van der Waals surface area contributed by atoms with Gasteiger partial charge in [0.05, 0.1) is 12.8 Å². The van der Waals surface area contributed by atoms with E-state index >= 15 is 0 Å². The van der Waals surface area contributed by atoms with Gasteiger partial charge in [0.15, 0.2) is 29.1 Å². The standard InChI is InChI=1S/C25H29FN2O4.C4H4O4/c1-15(2)25(31-21-10-7-17(16(3)29)12-23(21)30-4)28-11-5-6-18(14-28)24-20-9-8-19(26)13-22(20)32-27-24;5-3(6)1-2-4(7)8/h7-10,12-13,15,18,25H,5-6,11,14H2,1-4H3;1-2H,(H,5,6)(H,7,8)/b;2-1+/t18?,25-;/m1./s1. The molecular weight excluding hydrogens is 523 g/mol. The lowest BCUT2D eigenvalue weighted by atomic mass is 9.92. The summed E-state index contributed by atoms with van der Waals surface area (Å²) >= 11 is 0. The van der Waals surface area contributed by atoms with Crippen LogP contribution in [0.25, 0.3) is 11.0 Å². The Morgan fingerprint density at radius 3 is 2.40 bits per heavy atom. The number of hydrogen-bond acceptors (Lipinski definition) is 8. The third-order valence-electron chi connectivity index (χ3n) is 6.42. The highest BCUT2D eigenvalue weighted by molar-refractivity contribution is 5.94. The molecule has 4 rings (SSSR count). The van der Waals surface area contributed by atoms with Gasteiger partial charge in [-0.2, -0.15) is 0 Å². The van der Waals surface area contributed by atoms with Gasteiger partial charge in [-0.15, -0.1) is 0 Å². The highest BCUT2D eigenvalue weighted by Crippen LogP contribution is 2.35. The number of aliphatic carboxylic acids is 2. The Labute approximate surface area is 231 Å². The minimum Gasteiger partial charge on any atom is -0.493 e. The summed E-state index contributed by atoms with van der Waals surface area (Å²) in [4.78, 5) is 33.2. The number of rotatable bonds is 9. The van der Waals surface area contributed by atoms with E-state index in [1.54, 1.807) is 31.4 Å². The predicted molar refractivity (Wildman–Crippen MR) is 144 cm³/mol. The molecule has 3 aromatic rings. The molecular formula is C29H33FN2O8. The van der Waals surface area contributed by atoms with E-state index in [2.05, 4.69) is 23.9 Å². The Morgan fingerprint density at radius 1 is 1.10 bits per heavy atom. The van der Waals surface area contributed by atoms with Crippen molar-refractivity contribution in [2.24, 2.45) is 5.92 Å². The minimum atomic E-state index is -1.26. The van der Waals surface area contributed by atoms with Crippen molar-refractivity contribution < 1.29 is 43.0 Å². The molecule has 214 valence electrons. The summed E-state index contributed by atoms with van der Waals surface area (Å²) in [6.07, 6.45) is 2.92. The molecule has 0 spiro atoms. The van der Waals surface area contributed by atoms with E-state index in [9.17, 15) is 18.8 Å². The number of Topliss-reactive ketones (excluding diaryl/α,β-unsaturated/α-hetero) is 1. The number of benzene rings is 2. The first-order valence-corrected chi connectivity index (χ1v) is 12.8. The number of halogens is 1. The number of ketones is 1. The lowest BCUT2D eigenvalue weighted by molar-refractivity contribution is -0.134. The summed E-state index contributed by atoms with van der Waals surface area (Å²) in [5.41, 5.74) is 1.93. The smallest absolute Gasteiger partial charge is 0.328 e. The molecule has 2 heterocycles. The molecule has 1 aliphatic heterocycles. The van der Waals surface area contributed by atoms with Gasteiger partial charge in [-0.3, -0.25) is 9.69 Å². The third kappa shape index (κ3) is 7.89. The summed E-state index contributed by atoms with van der Waals surface area (Å²) < 4.78 is 30.9. The Kier molecular flexibility index (Phi) is 10.4. The average Bonchev–Trinajstić information content (AvgIpc) is 3.33. The Hall–Kier alpha value is -4.25. The number of ether oxygens (including phenoxy) is 2. The largest absolute Gasteiger partial charge is 0.493 e. The molecule has 1 aromatic heterocycles. The van der Waals surface area contributed by atoms with Gasteiger partial charge in [-0.25, -0.2) is 14.0 Å². The highest BCUT2D eigenvalue weighted by atomic mass is 19.1. The number of nitrogens with zero attached hydrogens (tertiary/aromatic N) is 2. The maximum atomic E-state index is 13.5. The van der Waals surface area contributed by atoms with E-state index in [0.29, 0.717) is 34.8 Å². The number of carboxylic acids is 2. The van der Waals surface area contributed by atoms with Crippen molar-refractivity contribution >= 4 is 28.7 Å². The fourth-order valence-electron chi connectivity index (χ4n) is 4.57. The zero-order valence-corrected chi connectivity index (χ0v) is 22.8. The number of carbonyl (C=O) groups is 3. The summed E-state index contributed by atoms with van der Waals surface area (Å²) in [6, 6.07) is 9.84. The Bertz CT molecular complexity index is 1370. The van der Waals surface area contributed by atoms with Crippen LogP contribution in [0.1, 0.15) is 55.6 Å². The maximum absolute atomic E-state index is 13.5. The van der Waals surface area contributed by atoms with Gasteiger partial charge in [-0.05, 0) is 50.1 Å². The van der Waals surface area contributed by atoms with Crippen LogP contribution in [-0.2, 0) is 9.59 Å². The molecule has 0 aliphatic carbocycles. The normalized spacial score (nSPS) is 16.4. The Morgan fingerprint density at radius 2 is 1.80 bits per heavy atom. The van der Waals surface area contributed by atoms with E-state index in [-0.39, 0.29) is 29.7 Å². The van der Waals surface area contributed by atoms with Crippen LogP contribution < -0.4 is 9.47 Å². The van der Waals surface area contributed by atoms with Crippen molar-refractivity contribution in [3.8, 4) is 11.5 Å². The lowest BCUT2D eigenvalue weighted by Crippen LogP contribution is -2.47. The van der Waals surface area contributed by atoms with Gasteiger partial charge < -0.3 is 24.2 Å². The van der Waals surface area contributed by atoms with Crippen LogP contribution in [0, 0.1) is 11.7 Å². The van der Waals surface area contributed by atoms with E-state index in [1.807, 2.05) is 0 Å². The minimum absolute atomic E-state index is 0.0196. The van der Waals surface area contributed by atoms with Crippen molar-refractivity contribution in [2.45, 2.75) is 45.8 Å². The number of carbonyl (C=O) groups excluding carboxylic acids is 1. The first-order valence-electron chi connectivity index (χ1n) is 12.8. The molecule has 0 radical (unpaired) electrons. The van der Waals surface area contributed by atoms with Crippen molar-refractivity contribution in [3.05, 3.63) is 65.6 Å². The van der Waals surface area contributed by atoms with Crippen LogP contribution in [0.3, 0.4) is 0 Å². The fraction of sp³-hybridized carbons (Fsp3) is 0.379. The van der Waals surface area contributed by atoms with Crippen molar-refractivity contribution in [3.63, 3.8) is 0 Å². The fourth-order valence-corrected chi connectivity index (χ4v) is 4.57. The van der Waals surface area contributed by atoms with Crippen LogP contribution in [-0.4, -0.2) is 64.4 Å². The molecule has 11 heteroatoms. The van der Waals surface area contributed by atoms with Crippen LogP contribution in [0.5, 0.6) is 11.5 Å². The number of likely N-dealkylation sites (tertiary alicyclic amines) is 1. The molecule has 1 fully saturated rings. The van der Waals surface area contributed by atoms with Crippen LogP contribution in [0.2, 0.25) is 0 Å². The molecule has 0 amide bonds. The van der Waals surface area contributed by atoms with Crippen molar-refractivity contribution in [2.75, 3.05) is 20.2 Å². The second-order valence-corrected chi connectivity index (χ2v) is 9.73. The molecule has 2 aromatic carbocycles. The molecule has 1 aliphatic rings. The predicted octanol–water partition coefficient (Wildman–Crippen LogP) is 5.13. The molecule has 2 atom stereocenters. The monoisotopic (exact) mass is 556 g/mol. The molecule has 2 N–H and O–H groups in total. The van der Waals surface area contributed by atoms with E-state index in [1.165, 1.54) is 19.1 Å². The number of fused-ring (bicyclic) bond motifs is 1. The quantitative estimate of drug-likeness (QED) is 0.269. The van der Waals surface area contributed by atoms with Crippen LogP contribution in [0.15, 0.2) is 53.1 Å². The number of hydrogen-bond donors (Lipinski definition) is 2. The third-order valence-corrected chi connectivity index (χ3v) is 6.42. The maximum Gasteiger partial charge on any atom is 0.328 e. The van der Waals surface area contributed by atoms with Gasteiger partial charge in [0.1, 0.15) is 5.82 Å². The van der Waals surface area contributed by atoms with Crippen molar-refractivity contribution in [1.29, 1.82) is 0 Å². The second kappa shape index (κ2) is 13.7. The summed E-state index contributed by atoms with van der Waals surface area (Å²) in [5.74, 6) is -1.32. The second-order valence-electron chi connectivity index (χ2n) is 9.73.